The Bertz CT molecular complexity index is 465. The number of aromatic nitrogens is 5. The lowest BCUT2D eigenvalue weighted by Gasteiger charge is -2.07. The van der Waals surface area contributed by atoms with E-state index in [1.807, 2.05) is 12.1 Å². The number of pyridine rings is 1. The number of nitrogens with zero attached hydrogens (tertiary/aromatic N) is 5. The van der Waals surface area contributed by atoms with Crippen molar-refractivity contribution in [2.45, 2.75) is 12.5 Å². The summed E-state index contributed by atoms with van der Waals surface area (Å²) in [6.07, 6.45) is 2.25. The molecule has 2 aromatic rings. The Kier molecular flexibility index (Phi) is 3.25. The molecular weight excluding hydrogens is 272 g/mol. The molecule has 0 aromatic carbocycles. The number of halogens is 1. The molecule has 0 saturated heterocycles. The van der Waals surface area contributed by atoms with Crippen molar-refractivity contribution in [2.24, 2.45) is 12.8 Å². The monoisotopic (exact) mass is 282 g/mol. The minimum atomic E-state index is -0.211. The zero-order valence-electron chi connectivity index (χ0n) is 8.71. The fraction of sp³-hybridized carbons (Fsp3) is 0.333. The Morgan fingerprint density at radius 2 is 2.31 bits per heavy atom. The Hall–Kier alpha value is -1.34. The van der Waals surface area contributed by atoms with Crippen LogP contribution in [0, 0.1) is 0 Å². The van der Waals surface area contributed by atoms with E-state index in [1.54, 1.807) is 13.2 Å². The Labute approximate surface area is 101 Å². The normalized spacial score (nSPS) is 12.7. The first-order valence-corrected chi connectivity index (χ1v) is 5.54. The van der Waals surface area contributed by atoms with Crippen molar-refractivity contribution in [3.05, 3.63) is 34.3 Å². The summed E-state index contributed by atoms with van der Waals surface area (Å²) in [5.41, 5.74) is 6.81. The number of hydrogen-bond acceptors (Lipinski definition) is 5. The minimum Gasteiger partial charge on any atom is -0.322 e. The molecule has 1 atom stereocenters. The van der Waals surface area contributed by atoms with Crippen molar-refractivity contribution in [1.82, 2.24) is 25.2 Å². The quantitative estimate of drug-likeness (QED) is 0.892. The van der Waals surface area contributed by atoms with E-state index in [0.717, 1.165) is 10.2 Å². The van der Waals surface area contributed by atoms with E-state index in [0.29, 0.717) is 12.2 Å². The number of nitrogens with two attached hydrogens (primary N) is 1. The molecule has 2 aromatic heterocycles. The predicted octanol–water partition coefficient (Wildman–Crippen LogP) is 0.610. The SMILES string of the molecule is Cn1nnc(CC(N)c2ccc(Br)cn2)n1. The Balaban J connectivity index is 2.08. The van der Waals surface area contributed by atoms with Crippen LogP contribution in [-0.2, 0) is 13.5 Å². The Morgan fingerprint density at radius 1 is 1.50 bits per heavy atom. The van der Waals surface area contributed by atoms with Crippen LogP contribution in [0.15, 0.2) is 22.8 Å². The zero-order chi connectivity index (χ0) is 11.5. The summed E-state index contributed by atoms with van der Waals surface area (Å²) in [5, 5.41) is 11.7. The van der Waals surface area contributed by atoms with Gasteiger partial charge in [0, 0.05) is 17.1 Å². The number of rotatable bonds is 3. The van der Waals surface area contributed by atoms with Crippen molar-refractivity contribution in [3.8, 4) is 0 Å². The van der Waals surface area contributed by atoms with Crippen LogP contribution >= 0.6 is 15.9 Å². The van der Waals surface area contributed by atoms with Gasteiger partial charge in [0.2, 0.25) is 0 Å². The predicted molar refractivity (Wildman–Crippen MR) is 61.4 cm³/mol. The number of aryl methyl sites for hydroxylation is 1. The Morgan fingerprint density at radius 3 is 2.88 bits per heavy atom. The molecule has 1 unspecified atom stereocenters. The summed E-state index contributed by atoms with van der Waals surface area (Å²) in [7, 11) is 1.72. The lowest BCUT2D eigenvalue weighted by atomic mass is 10.1. The van der Waals surface area contributed by atoms with E-state index in [2.05, 4.69) is 36.3 Å². The third-order valence-electron chi connectivity index (χ3n) is 2.08. The average molecular weight is 283 g/mol. The molecule has 7 heteroatoms. The second-order valence-corrected chi connectivity index (χ2v) is 4.32. The van der Waals surface area contributed by atoms with Gasteiger partial charge in [-0.1, -0.05) is 0 Å². The first kappa shape index (κ1) is 11.2. The lowest BCUT2D eigenvalue weighted by molar-refractivity contribution is 0.620. The highest BCUT2D eigenvalue weighted by molar-refractivity contribution is 9.10. The van der Waals surface area contributed by atoms with E-state index >= 15 is 0 Å². The van der Waals surface area contributed by atoms with Crippen molar-refractivity contribution < 1.29 is 0 Å². The van der Waals surface area contributed by atoms with Gasteiger partial charge < -0.3 is 5.73 Å². The maximum Gasteiger partial charge on any atom is 0.176 e. The smallest absolute Gasteiger partial charge is 0.176 e. The molecule has 0 aliphatic heterocycles. The number of hydrogen-bond donors (Lipinski definition) is 1. The molecule has 16 heavy (non-hydrogen) atoms. The van der Waals surface area contributed by atoms with E-state index < -0.39 is 0 Å². The van der Waals surface area contributed by atoms with E-state index in [9.17, 15) is 0 Å². The standard InChI is InChI=1S/C9H11BrN6/c1-16-14-9(13-15-16)4-7(11)8-3-2-6(10)5-12-8/h2-3,5,7H,4,11H2,1H3. The average Bonchev–Trinajstić information content (AvgIpc) is 2.65. The molecule has 2 heterocycles. The highest BCUT2D eigenvalue weighted by atomic mass is 79.9. The molecule has 2 N–H and O–H groups in total. The molecule has 0 spiro atoms. The summed E-state index contributed by atoms with van der Waals surface area (Å²) >= 11 is 3.32. The molecule has 84 valence electrons. The van der Waals surface area contributed by atoms with Crippen molar-refractivity contribution in [2.75, 3.05) is 0 Å². The maximum atomic E-state index is 5.99. The van der Waals surface area contributed by atoms with Crippen LogP contribution in [0.4, 0.5) is 0 Å². The van der Waals surface area contributed by atoms with Gasteiger partial charge in [-0.15, -0.1) is 10.2 Å². The van der Waals surface area contributed by atoms with Gasteiger partial charge in [0.15, 0.2) is 5.82 Å². The van der Waals surface area contributed by atoms with Crippen LogP contribution in [0.3, 0.4) is 0 Å². The van der Waals surface area contributed by atoms with Crippen LogP contribution in [0.25, 0.3) is 0 Å². The summed E-state index contributed by atoms with van der Waals surface area (Å²) < 4.78 is 0.932. The molecule has 0 radical (unpaired) electrons. The second-order valence-electron chi connectivity index (χ2n) is 3.41. The first-order valence-electron chi connectivity index (χ1n) is 4.75. The third-order valence-corrected chi connectivity index (χ3v) is 2.55. The largest absolute Gasteiger partial charge is 0.322 e. The number of tetrazole rings is 1. The molecule has 0 amide bonds. The van der Waals surface area contributed by atoms with Gasteiger partial charge in [-0.3, -0.25) is 4.98 Å². The van der Waals surface area contributed by atoms with Crippen LogP contribution in [0.5, 0.6) is 0 Å². The molecule has 0 aliphatic rings. The molecule has 0 aliphatic carbocycles. The van der Waals surface area contributed by atoms with E-state index in [4.69, 9.17) is 5.73 Å². The van der Waals surface area contributed by atoms with Crippen LogP contribution in [-0.4, -0.2) is 25.2 Å². The highest BCUT2D eigenvalue weighted by Crippen LogP contribution is 2.14. The van der Waals surface area contributed by atoms with Crippen LogP contribution in [0.2, 0.25) is 0 Å². The van der Waals surface area contributed by atoms with Gasteiger partial charge >= 0.3 is 0 Å². The van der Waals surface area contributed by atoms with Crippen LogP contribution < -0.4 is 5.73 Å². The highest BCUT2D eigenvalue weighted by Gasteiger charge is 2.11. The zero-order valence-corrected chi connectivity index (χ0v) is 10.3. The lowest BCUT2D eigenvalue weighted by Crippen LogP contribution is -2.15. The van der Waals surface area contributed by atoms with E-state index in [-0.39, 0.29) is 6.04 Å². The second kappa shape index (κ2) is 4.67. The molecule has 0 bridgehead atoms. The van der Waals surface area contributed by atoms with Gasteiger partial charge in [-0.2, -0.15) is 4.80 Å². The van der Waals surface area contributed by atoms with Gasteiger partial charge in [0.25, 0.3) is 0 Å². The fourth-order valence-corrected chi connectivity index (χ4v) is 1.55. The molecule has 6 nitrogen and oxygen atoms in total. The third kappa shape index (κ3) is 2.61. The van der Waals surface area contributed by atoms with E-state index in [1.165, 1.54) is 4.80 Å². The molecular formula is C9H11BrN6. The topological polar surface area (TPSA) is 82.5 Å². The summed E-state index contributed by atoms with van der Waals surface area (Å²) in [6.45, 7) is 0. The van der Waals surface area contributed by atoms with Crippen LogP contribution in [0.1, 0.15) is 17.6 Å². The molecule has 0 saturated carbocycles. The van der Waals surface area contributed by atoms with Gasteiger partial charge in [-0.25, -0.2) is 0 Å². The van der Waals surface area contributed by atoms with Gasteiger partial charge in [-0.05, 0) is 33.3 Å². The van der Waals surface area contributed by atoms with Gasteiger partial charge in [0.1, 0.15) is 0 Å². The van der Waals surface area contributed by atoms with Crippen molar-refractivity contribution in [3.63, 3.8) is 0 Å². The maximum absolute atomic E-state index is 5.99. The molecule has 0 fully saturated rings. The summed E-state index contributed by atoms with van der Waals surface area (Å²) in [4.78, 5) is 5.64. The van der Waals surface area contributed by atoms with Gasteiger partial charge in [0.05, 0.1) is 18.8 Å². The fourth-order valence-electron chi connectivity index (χ4n) is 1.31. The minimum absolute atomic E-state index is 0.211. The molecule has 2 rings (SSSR count). The summed E-state index contributed by atoms with van der Waals surface area (Å²) in [6, 6.07) is 3.58. The van der Waals surface area contributed by atoms with Crippen molar-refractivity contribution >= 4 is 15.9 Å². The summed E-state index contributed by atoms with van der Waals surface area (Å²) in [5.74, 6) is 0.625. The van der Waals surface area contributed by atoms with Crippen molar-refractivity contribution in [1.29, 1.82) is 0 Å². The first-order chi connectivity index (χ1) is 7.65.